The third-order valence-corrected chi connectivity index (χ3v) is 1.82. The molecule has 0 radical (unpaired) electrons. The van der Waals surface area contributed by atoms with Gasteiger partial charge in [0.25, 0.3) is 5.91 Å². The lowest BCUT2D eigenvalue weighted by molar-refractivity contribution is -0.112. The highest BCUT2D eigenvalue weighted by atomic mass is 16.5. The molecule has 0 heterocycles. The van der Waals surface area contributed by atoms with E-state index >= 15 is 0 Å². The van der Waals surface area contributed by atoms with Crippen molar-refractivity contribution in [3.8, 4) is 5.75 Å². The molecule has 1 N–H and O–H groups in total. The van der Waals surface area contributed by atoms with E-state index < -0.39 is 0 Å². The Morgan fingerprint density at radius 1 is 1.50 bits per heavy atom. The van der Waals surface area contributed by atoms with Gasteiger partial charge < -0.3 is 14.8 Å². The molecule has 0 fully saturated rings. The van der Waals surface area contributed by atoms with Crippen LogP contribution in [0.15, 0.2) is 36.6 Å². The topological polar surface area (TPSA) is 47.6 Å². The summed E-state index contributed by atoms with van der Waals surface area (Å²) >= 11 is 0. The molecule has 1 rings (SSSR count). The van der Waals surface area contributed by atoms with Crippen LogP contribution in [0, 0.1) is 0 Å². The van der Waals surface area contributed by atoms with E-state index in [-0.39, 0.29) is 5.91 Å². The minimum Gasteiger partial charge on any atom is -0.501 e. The first kappa shape index (κ1) is 12.1. The van der Waals surface area contributed by atoms with Gasteiger partial charge in [-0.2, -0.15) is 0 Å². The van der Waals surface area contributed by atoms with Gasteiger partial charge in [-0.05, 0) is 19.1 Å². The maximum Gasteiger partial charge on any atom is 0.251 e. The number of carbonyl (C=O) groups is 1. The van der Waals surface area contributed by atoms with Gasteiger partial charge in [0.1, 0.15) is 5.75 Å². The van der Waals surface area contributed by atoms with Gasteiger partial charge in [-0.15, -0.1) is 0 Å². The van der Waals surface area contributed by atoms with Gasteiger partial charge in [-0.1, -0.05) is 6.07 Å². The quantitative estimate of drug-likeness (QED) is 0.612. The maximum atomic E-state index is 11.4. The van der Waals surface area contributed by atoms with Crippen LogP contribution in [0.2, 0.25) is 0 Å². The largest absolute Gasteiger partial charge is 0.501 e. The molecule has 0 saturated heterocycles. The number of benzene rings is 1. The Hall–Kier alpha value is -1.97. The van der Waals surface area contributed by atoms with Crippen molar-refractivity contribution in [3.63, 3.8) is 0 Å². The summed E-state index contributed by atoms with van der Waals surface area (Å²) in [6.07, 6.45) is 2.71. The van der Waals surface area contributed by atoms with E-state index in [2.05, 4.69) is 5.32 Å². The minimum atomic E-state index is -0.235. The highest BCUT2D eigenvalue weighted by Gasteiger charge is 1.98. The molecule has 4 nitrogen and oxygen atoms in total. The molecule has 0 saturated carbocycles. The molecule has 1 amide bonds. The van der Waals surface area contributed by atoms with E-state index in [1.165, 1.54) is 12.3 Å². The summed E-state index contributed by atoms with van der Waals surface area (Å²) in [5.41, 5.74) is 0.686. The fourth-order valence-electron chi connectivity index (χ4n) is 1.09. The molecule has 0 aliphatic heterocycles. The van der Waals surface area contributed by atoms with E-state index in [4.69, 9.17) is 9.47 Å². The van der Waals surface area contributed by atoms with Gasteiger partial charge in [-0.25, -0.2) is 0 Å². The molecule has 0 unspecified atom stereocenters. The summed E-state index contributed by atoms with van der Waals surface area (Å²) in [6.45, 7) is 2.40. The fraction of sp³-hybridized carbons (Fsp3) is 0.250. The molecule has 4 heteroatoms. The number of amides is 1. The monoisotopic (exact) mass is 221 g/mol. The first-order valence-corrected chi connectivity index (χ1v) is 4.99. The molecular weight excluding hydrogens is 206 g/mol. The van der Waals surface area contributed by atoms with Gasteiger partial charge in [0, 0.05) is 17.8 Å². The minimum absolute atomic E-state index is 0.235. The second-order valence-electron chi connectivity index (χ2n) is 2.98. The summed E-state index contributed by atoms with van der Waals surface area (Å²) in [7, 11) is 1.58. The SMILES string of the molecule is CCOC=CC(=O)Nc1cccc(OC)c1. The van der Waals surface area contributed by atoms with E-state index in [1.54, 1.807) is 25.3 Å². The molecular formula is C12H15NO3. The van der Waals surface area contributed by atoms with Gasteiger partial charge >= 0.3 is 0 Å². The predicted molar refractivity (Wildman–Crippen MR) is 62.4 cm³/mol. The van der Waals surface area contributed by atoms with Crippen molar-refractivity contribution in [1.82, 2.24) is 0 Å². The van der Waals surface area contributed by atoms with Crippen molar-refractivity contribution < 1.29 is 14.3 Å². The lowest BCUT2D eigenvalue weighted by Gasteiger charge is -2.04. The first-order chi connectivity index (χ1) is 7.76. The predicted octanol–water partition coefficient (Wildman–Crippen LogP) is 2.18. The van der Waals surface area contributed by atoms with Crippen LogP contribution in [-0.4, -0.2) is 19.6 Å². The Morgan fingerprint density at radius 3 is 3.00 bits per heavy atom. The Labute approximate surface area is 94.9 Å². The summed E-state index contributed by atoms with van der Waals surface area (Å²) in [6, 6.07) is 7.15. The summed E-state index contributed by atoms with van der Waals surface area (Å²) < 4.78 is 9.96. The van der Waals surface area contributed by atoms with E-state index in [0.29, 0.717) is 18.0 Å². The standard InChI is InChI=1S/C12H15NO3/c1-3-16-8-7-12(14)13-10-5-4-6-11(9-10)15-2/h4-9H,3H2,1-2H3,(H,13,14). The molecule has 0 spiro atoms. The Balaban J connectivity index is 2.55. The van der Waals surface area contributed by atoms with Crippen LogP contribution in [0.1, 0.15) is 6.92 Å². The van der Waals surface area contributed by atoms with Crippen molar-refractivity contribution in [3.05, 3.63) is 36.6 Å². The third kappa shape index (κ3) is 4.04. The lowest BCUT2D eigenvalue weighted by atomic mass is 10.3. The first-order valence-electron chi connectivity index (χ1n) is 4.99. The van der Waals surface area contributed by atoms with Crippen molar-refractivity contribution >= 4 is 11.6 Å². The molecule has 0 atom stereocenters. The number of hydrogen-bond donors (Lipinski definition) is 1. The summed E-state index contributed by atoms with van der Waals surface area (Å²) in [5, 5.41) is 2.69. The van der Waals surface area contributed by atoms with Gasteiger partial charge in [0.15, 0.2) is 0 Å². The number of nitrogens with one attached hydrogen (secondary N) is 1. The molecule has 1 aromatic carbocycles. The molecule has 0 aromatic heterocycles. The highest BCUT2D eigenvalue weighted by Crippen LogP contribution is 2.16. The van der Waals surface area contributed by atoms with Crippen LogP contribution in [0.4, 0.5) is 5.69 Å². The van der Waals surface area contributed by atoms with Crippen LogP contribution in [-0.2, 0) is 9.53 Å². The van der Waals surface area contributed by atoms with E-state index in [9.17, 15) is 4.79 Å². The number of hydrogen-bond acceptors (Lipinski definition) is 3. The second kappa shape index (κ2) is 6.50. The number of anilines is 1. The fourth-order valence-corrected chi connectivity index (χ4v) is 1.09. The second-order valence-corrected chi connectivity index (χ2v) is 2.98. The van der Waals surface area contributed by atoms with Crippen LogP contribution < -0.4 is 10.1 Å². The number of ether oxygens (including phenoxy) is 2. The number of carbonyl (C=O) groups excluding carboxylic acids is 1. The maximum absolute atomic E-state index is 11.4. The lowest BCUT2D eigenvalue weighted by Crippen LogP contribution is -2.07. The molecule has 0 aliphatic carbocycles. The van der Waals surface area contributed by atoms with Crippen LogP contribution in [0.5, 0.6) is 5.75 Å². The molecule has 0 bridgehead atoms. The molecule has 0 aliphatic rings. The third-order valence-electron chi connectivity index (χ3n) is 1.82. The molecule has 16 heavy (non-hydrogen) atoms. The summed E-state index contributed by atoms with van der Waals surface area (Å²) in [4.78, 5) is 11.4. The van der Waals surface area contributed by atoms with E-state index in [1.807, 2.05) is 13.0 Å². The zero-order chi connectivity index (χ0) is 11.8. The van der Waals surface area contributed by atoms with E-state index in [0.717, 1.165) is 0 Å². The Kier molecular flexibility index (Phi) is 4.92. The molecule has 1 aromatic rings. The van der Waals surface area contributed by atoms with Crippen molar-refractivity contribution in [2.75, 3.05) is 19.0 Å². The Morgan fingerprint density at radius 2 is 2.31 bits per heavy atom. The number of rotatable bonds is 5. The average molecular weight is 221 g/mol. The van der Waals surface area contributed by atoms with Crippen molar-refractivity contribution in [2.45, 2.75) is 6.92 Å². The summed E-state index contributed by atoms with van der Waals surface area (Å²) in [5.74, 6) is 0.466. The van der Waals surface area contributed by atoms with Crippen LogP contribution in [0.3, 0.4) is 0 Å². The van der Waals surface area contributed by atoms with Gasteiger partial charge in [0.2, 0.25) is 0 Å². The molecule has 86 valence electrons. The average Bonchev–Trinajstić information content (AvgIpc) is 2.29. The zero-order valence-electron chi connectivity index (χ0n) is 9.40. The van der Waals surface area contributed by atoms with Crippen molar-refractivity contribution in [2.24, 2.45) is 0 Å². The normalized spacial score (nSPS) is 10.1. The Bertz CT molecular complexity index is 374. The van der Waals surface area contributed by atoms with Crippen molar-refractivity contribution in [1.29, 1.82) is 0 Å². The van der Waals surface area contributed by atoms with Gasteiger partial charge in [-0.3, -0.25) is 4.79 Å². The van der Waals surface area contributed by atoms with Crippen LogP contribution >= 0.6 is 0 Å². The number of methoxy groups -OCH3 is 1. The van der Waals surface area contributed by atoms with Gasteiger partial charge in [0.05, 0.1) is 20.0 Å². The highest BCUT2D eigenvalue weighted by molar-refractivity contribution is 5.99. The zero-order valence-corrected chi connectivity index (χ0v) is 9.40. The smallest absolute Gasteiger partial charge is 0.251 e. The van der Waals surface area contributed by atoms with Crippen LogP contribution in [0.25, 0.3) is 0 Å².